The molecule has 0 bridgehead atoms. The molecule has 0 spiro atoms. The first-order valence-corrected chi connectivity index (χ1v) is 16.4. The minimum atomic E-state index is -1.64. The smallest absolute Gasteiger partial charge is 0.112 e. The molecule has 0 radical (unpaired) electrons. The Morgan fingerprint density at radius 1 is 0.389 bits per heavy atom. The average molecular weight is 505 g/mol. The van der Waals surface area contributed by atoms with Crippen molar-refractivity contribution in [2.24, 2.45) is 0 Å². The number of hydrogen-bond acceptors (Lipinski definition) is 1. The molecule has 0 fully saturated rings. The largest absolute Gasteiger partial charge is 0.870 e. The van der Waals surface area contributed by atoms with Gasteiger partial charge in [0.2, 0.25) is 0 Å². The van der Waals surface area contributed by atoms with Gasteiger partial charge in [-0.25, -0.2) is 0 Å². The lowest BCUT2D eigenvalue weighted by Crippen LogP contribution is -2.33. The molecule has 1 N–H and O–H groups in total. The summed E-state index contributed by atoms with van der Waals surface area (Å²) in [4.78, 5) is 0. The second-order valence-electron chi connectivity index (χ2n) is 10.1. The van der Waals surface area contributed by atoms with Gasteiger partial charge in [-0.1, -0.05) is 139 Å². The van der Waals surface area contributed by atoms with Crippen molar-refractivity contribution in [3.8, 4) is 0 Å². The molecule has 3 rings (SSSR count). The first kappa shape index (κ1) is 30.3. The predicted octanol–water partition coefficient (Wildman–Crippen LogP) is 9.29. The van der Waals surface area contributed by atoms with E-state index in [0.717, 1.165) is 0 Å². The van der Waals surface area contributed by atoms with Crippen LogP contribution in [0.1, 0.15) is 96.8 Å². The average Bonchev–Trinajstić information content (AvgIpc) is 2.93. The van der Waals surface area contributed by atoms with Crippen molar-refractivity contribution in [2.45, 2.75) is 96.8 Å². The van der Waals surface area contributed by atoms with Crippen molar-refractivity contribution >= 4 is 23.2 Å². The second kappa shape index (κ2) is 18.3. The zero-order valence-corrected chi connectivity index (χ0v) is 23.6. The summed E-state index contributed by atoms with van der Waals surface area (Å²) in [5.74, 6) is 0. The normalized spacial score (nSPS) is 11.2. The molecule has 0 amide bonds. The Balaban J connectivity index is 0.00000456. The van der Waals surface area contributed by atoms with Gasteiger partial charge in [0.25, 0.3) is 0 Å². The van der Waals surface area contributed by atoms with Crippen molar-refractivity contribution in [2.75, 3.05) is 6.16 Å². The van der Waals surface area contributed by atoms with Crippen LogP contribution in [-0.2, 0) is 0 Å². The van der Waals surface area contributed by atoms with Crippen molar-refractivity contribution < 1.29 is 5.48 Å². The Bertz CT molecular complexity index is 798. The lowest BCUT2D eigenvalue weighted by molar-refractivity contribution is 0.538. The third kappa shape index (κ3) is 9.49. The maximum Gasteiger partial charge on any atom is 0.112 e. The van der Waals surface area contributed by atoms with Crippen molar-refractivity contribution in [1.82, 2.24) is 0 Å². The van der Waals surface area contributed by atoms with Crippen LogP contribution in [0.5, 0.6) is 0 Å². The van der Waals surface area contributed by atoms with Crippen molar-refractivity contribution in [3.05, 3.63) is 91.0 Å². The molecule has 196 valence electrons. The van der Waals surface area contributed by atoms with Crippen LogP contribution in [-0.4, -0.2) is 11.6 Å². The molecular weight excluding hydrogens is 455 g/mol. The molecule has 0 aliphatic rings. The van der Waals surface area contributed by atoms with Gasteiger partial charge in [-0.2, -0.15) is 0 Å². The van der Waals surface area contributed by atoms with Gasteiger partial charge in [-0.3, -0.25) is 0 Å². The Labute approximate surface area is 222 Å². The van der Waals surface area contributed by atoms with E-state index in [1.54, 1.807) is 0 Å². The van der Waals surface area contributed by atoms with E-state index in [9.17, 15) is 0 Å². The van der Waals surface area contributed by atoms with Crippen LogP contribution < -0.4 is 15.9 Å². The first-order chi connectivity index (χ1) is 17.4. The predicted molar refractivity (Wildman–Crippen MR) is 162 cm³/mol. The Morgan fingerprint density at radius 3 is 0.972 bits per heavy atom. The van der Waals surface area contributed by atoms with Crippen LogP contribution in [0.25, 0.3) is 0 Å². The zero-order chi connectivity index (χ0) is 24.4. The van der Waals surface area contributed by atoms with Crippen LogP contribution in [0.15, 0.2) is 91.0 Å². The molecule has 0 atom stereocenters. The quantitative estimate of drug-likeness (QED) is 0.125. The van der Waals surface area contributed by atoms with Crippen molar-refractivity contribution in [1.29, 1.82) is 0 Å². The highest BCUT2D eigenvalue weighted by Crippen LogP contribution is 2.56. The van der Waals surface area contributed by atoms with E-state index < -0.39 is 7.26 Å². The fraction of sp³-hybridized carbons (Fsp3) is 0.471. The molecule has 1 nitrogen and oxygen atoms in total. The van der Waals surface area contributed by atoms with Crippen LogP contribution in [0.4, 0.5) is 0 Å². The fourth-order valence-corrected chi connectivity index (χ4v) is 9.84. The third-order valence-electron chi connectivity index (χ3n) is 7.44. The van der Waals surface area contributed by atoms with E-state index in [1.165, 1.54) is 112 Å². The van der Waals surface area contributed by atoms with E-state index in [-0.39, 0.29) is 5.48 Å². The van der Waals surface area contributed by atoms with Gasteiger partial charge in [0.15, 0.2) is 0 Å². The van der Waals surface area contributed by atoms with E-state index in [4.69, 9.17) is 0 Å². The molecule has 2 heteroatoms. The molecule has 0 heterocycles. The second-order valence-corrected chi connectivity index (χ2v) is 13.8. The highest BCUT2D eigenvalue weighted by Gasteiger charge is 2.44. The zero-order valence-electron chi connectivity index (χ0n) is 22.7. The van der Waals surface area contributed by atoms with Gasteiger partial charge in [-0.05, 0) is 49.2 Å². The summed E-state index contributed by atoms with van der Waals surface area (Å²) in [5.41, 5.74) is 0. The Morgan fingerprint density at radius 2 is 0.667 bits per heavy atom. The minimum Gasteiger partial charge on any atom is -0.870 e. The van der Waals surface area contributed by atoms with Crippen LogP contribution in [0.3, 0.4) is 0 Å². The van der Waals surface area contributed by atoms with Gasteiger partial charge in [0, 0.05) is 0 Å². The molecule has 0 saturated carbocycles. The van der Waals surface area contributed by atoms with Gasteiger partial charge >= 0.3 is 0 Å². The Kier molecular flexibility index (Phi) is 15.4. The summed E-state index contributed by atoms with van der Waals surface area (Å²) in [6.07, 6.45) is 21.0. The topological polar surface area (TPSA) is 30.0 Å². The minimum absolute atomic E-state index is 0. The summed E-state index contributed by atoms with van der Waals surface area (Å²) in [5, 5.41) is 4.56. The van der Waals surface area contributed by atoms with Gasteiger partial charge in [0.05, 0.1) is 6.16 Å². The number of benzene rings is 3. The van der Waals surface area contributed by atoms with Gasteiger partial charge in [-0.15, -0.1) is 0 Å². The number of hydrogen-bond donors (Lipinski definition) is 0. The lowest BCUT2D eigenvalue weighted by atomic mass is 10.0. The van der Waals surface area contributed by atoms with E-state index in [0.29, 0.717) is 0 Å². The summed E-state index contributed by atoms with van der Waals surface area (Å²) < 4.78 is 0. The first-order valence-electron chi connectivity index (χ1n) is 14.4. The van der Waals surface area contributed by atoms with Crippen LogP contribution in [0, 0.1) is 0 Å². The highest BCUT2D eigenvalue weighted by molar-refractivity contribution is 7.95. The molecule has 3 aromatic carbocycles. The molecule has 0 aliphatic heterocycles. The van der Waals surface area contributed by atoms with Crippen molar-refractivity contribution in [3.63, 3.8) is 0 Å². The standard InChI is InChI=1S/C34H48P.H2O/c1-2-3-4-5-6-7-8-9-10-11-12-13-14-24-31-35(32-25-18-15-19-26-32,33-27-20-16-21-28-33)34-29-22-17-23-30-34;/h15-23,25-30H,2-14,24,31H2,1H3;1H2/q+1;/p-1. The monoisotopic (exact) mass is 504 g/mol. The molecule has 0 aliphatic carbocycles. The summed E-state index contributed by atoms with van der Waals surface area (Å²) in [7, 11) is -1.64. The molecular formula is C34H49OP. The highest BCUT2D eigenvalue weighted by atomic mass is 31.2. The molecule has 36 heavy (non-hydrogen) atoms. The number of unbranched alkanes of at least 4 members (excludes halogenated alkanes) is 13. The number of rotatable bonds is 18. The molecule has 0 unspecified atom stereocenters. The van der Waals surface area contributed by atoms with Gasteiger partial charge < -0.3 is 5.48 Å². The Hall–Kier alpha value is -1.95. The SMILES string of the molecule is CCCCCCCCCCCCCCCC[P+](c1ccccc1)(c1ccccc1)c1ccccc1.[OH-]. The van der Waals surface area contributed by atoms with E-state index in [1.807, 2.05) is 0 Å². The maximum atomic E-state index is 2.37. The lowest BCUT2D eigenvalue weighted by Gasteiger charge is -2.27. The van der Waals surface area contributed by atoms with Crippen LogP contribution >= 0.6 is 7.26 Å². The van der Waals surface area contributed by atoms with Gasteiger partial charge in [0.1, 0.15) is 23.2 Å². The third-order valence-corrected chi connectivity index (χ3v) is 12.0. The fourth-order valence-electron chi connectivity index (χ4n) is 5.43. The van der Waals surface area contributed by atoms with E-state index in [2.05, 4.69) is 97.9 Å². The summed E-state index contributed by atoms with van der Waals surface area (Å²) in [6.45, 7) is 2.30. The molecule has 0 aromatic heterocycles. The van der Waals surface area contributed by atoms with Crippen LogP contribution in [0.2, 0.25) is 0 Å². The molecule has 3 aromatic rings. The maximum absolute atomic E-state index is 2.37. The molecule has 0 saturated heterocycles. The summed E-state index contributed by atoms with van der Waals surface area (Å²) in [6, 6.07) is 34.0. The summed E-state index contributed by atoms with van der Waals surface area (Å²) >= 11 is 0. The van der Waals surface area contributed by atoms with E-state index >= 15 is 0 Å².